The van der Waals surface area contributed by atoms with Crippen LogP contribution in [0.15, 0.2) is 35.4 Å². The van der Waals surface area contributed by atoms with E-state index in [-0.39, 0.29) is 5.91 Å². The van der Waals surface area contributed by atoms with Crippen LogP contribution in [0, 0.1) is 5.92 Å². The number of nitrogens with zero attached hydrogens (tertiary/aromatic N) is 3. The molecule has 4 heterocycles. The lowest BCUT2D eigenvalue weighted by atomic mass is 9.88. The zero-order valence-electron chi connectivity index (χ0n) is 16.1. The Kier molecular flexibility index (Phi) is 5.06. The van der Waals surface area contributed by atoms with E-state index >= 15 is 0 Å². The molecule has 7 nitrogen and oxygen atoms in total. The fourth-order valence-electron chi connectivity index (χ4n) is 4.01. The summed E-state index contributed by atoms with van der Waals surface area (Å²) >= 11 is 0. The van der Waals surface area contributed by atoms with Gasteiger partial charge < -0.3 is 19.0 Å². The van der Waals surface area contributed by atoms with Gasteiger partial charge in [-0.15, -0.1) is 0 Å². The van der Waals surface area contributed by atoms with Crippen LogP contribution in [0.1, 0.15) is 38.1 Å². The Morgan fingerprint density at radius 1 is 1.41 bits per heavy atom. The van der Waals surface area contributed by atoms with Crippen LogP contribution in [0.2, 0.25) is 0 Å². The van der Waals surface area contributed by atoms with Crippen LogP contribution in [0.25, 0.3) is 0 Å². The predicted molar refractivity (Wildman–Crippen MR) is 99.8 cm³/mol. The molecule has 1 spiro atoms. The van der Waals surface area contributed by atoms with Crippen molar-refractivity contribution in [2.45, 2.75) is 51.5 Å². The zero-order chi connectivity index (χ0) is 18.9. The number of piperidine rings is 1. The van der Waals surface area contributed by atoms with E-state index < -0.39 is 11.7 Å². The number of furan rings is 1. The third-order valence-corrected chi connectivity index (χ3v) is 5.48. The first-order valence-electron chi connectivity index (χ1n) is 9.76. The molecule has 1 atom stereocenters. The highest BCUT2D eigenvalue weighted by atomic mass is 16.5. The van der Waals surface area contributed by atoms with E-state index in [4.69, 9.17) is 9.15 Å². The van der Waals surface area contributed by atoms with Crippen molar-refractivity contribution in [2.24, 2.45) is 5.92 Å². The summed E-state index contributed by atoms with van der Waals surface area (Å²) in [5.74, 6) is 1.35. The number of fused-ring (bicyclic) bond motifs is 2. The highest BCUT2D eigenvalue weighted by Crippen LogP contribution is 2.40. The molecule has 1 N–H and O–H groups in total. The molecule has 27 heavy (non-hydrogen) atoms. The smallest absolute Gasteiger partial charge is 0.251 e. The highest BCUT2D eigenvalue weighted by molar-refractivity contribution is 5.80. The van der Waals surface area contributed by atoms with Gasteiger partial charge in [0.25, 0.3) is 5.91 Å². The number of aromatic nitrogens is 2. The number of hydrogen-bond acceptors (Lipinski definition) is 5. The normalized spacial score (nSPS) is 22.1. The summed E-state index contributed by atoms with van der Waals surface area (Å²) in [7, 11) is 0. The lowest BCUT2D eigenvalue weighted by Gasteiger charge is -2.45. The van der Waals surface area contributed by atoms with Gasteiger partial charge in [0.2, 0.25) is 0 Å². The number of imidazole rings is 1. The minimum absolute atomic E-state index is 0.0248. The molecule has 4 rings (SSSR count). The van der Waals surface area contributed by atoms with Crippen molar-refractivity contribution in [3.05, 3.63) is 42.4 Å². The second-order valence-electron chi connectivity index (χ2n) is 8.05. The first-order chi connectivity index (χ1) is 13.1. The van der Waals surface area contributed by atoms with Crippen molar-refractivity contribution in [3.8, 4) is 0 Å². The summed E-state index contributed by atoms with van der Waals surface area (Å²) in [5, 5.41) is 3.02. The van der Waals surface area contributed by atoms with Crippen molar-refractivity contribution in [1.29, 1.82) is 0 Å². The molecule has 1 saturated heterocycles. The largest absolute Gasteiger partial charge is 0.472 e. The SMILES string of the molecule is CC(C)CNC(=O)C1Cn2ccnc2C2(CCN(Cc3ccoc3)CC2)O1. The van der Waals surface area contributed by atoms with E-state index in [9.17, 15) is 4.79 Å². The maximum Gasteiger partial charge on any atom is 0.251 e. The van der Waals surface area contributed by atoms with Crippen molar-refractivity contribution >= 4 is 5.91 Å². The van der Waals surface area contributed by atoms with E-state index in [1.54, 1.807) is 12.5 Å². The number of hydrogen-bond donors (Lipinski definition) is 1. The Bertz CT molecular complexity index is 760. The summed E-state index contributed by atoms with van der Waals surface area (Å²) in [4.78, 5) is 19.6. The van der Waals surface area contributed by atoms with Crippen LogP contribution in [-0.2, 0) is 28.2 Å². The molecular weight excluding hydrogens is 344 g/mol. The molecule has 1 fully saturated rings. The number of amides is 1. The molecule has 0 aromatic carbocycles. The van der Waals surface area contributed by atoms with E-state index in [1.807, 2.05) is 18.5 Å². The number of carbonyl (C=O) groups is 1. The van der Waals surface area contributed by atoms with Crippen LogP contribution in [0.3, 0.4) is 0 Å². The van der Waals surface area contributed by atoms with Crippen LogP contribution < -0.4 is 5.32 Å². The van der Waals surface area contributed by atoms with E-state index in [1.165, 1.54) is 5.56 Å². The predicted octanol–water partition coefficient (Wildman–Crippen LogP) is 2.14. The first kappa shape index (κ1) is 18.3. The van der Waals surface area contributed by atoms with Crippen molar-refractivity contribution in [1.82, 2.24) is 19.8 Å². The summed E-state index contributed by atoms with van der Waals surface area (Å²) in [6, 6.07) is 2.00. The van der Waals surface area contributed by atoms with Gasteiger partial charge in [-0.05, 0) is 24.8 Å². The molecule has 0 aliphatic carbocycles. The van der Waals surface area contributed by atoms with Crippen molar-refractivity contribution in [3.63, 3.8) is 0 Å². The maximum atomic E-state index is 12.6. The molecule has 146 valence electrons. The number of carbonyl (C=O) groups excluding carboxylic acids is 1. The third-order valence-electron chi connectivity index (χ3n) is 5.48. The Morgan fingerprint density at radius 2 is 2.22 bits per heavy atom. The number of ether oxygens (including phenoxy) is 1. The second-order valence-corrected chi connectivity index (χ2v) is 8.05. The van der Waals surface area contributed by atoms with Gasteiger partial charge >= 0.3 is 0 Å². The Labute approximate surface area is 159 Å². The van der Waals surface area contributed by atoms with Gasteiger partial charge in [0.15, 0.2) is 6.10 Å². The van der Waals surface area contributed by atoms with Crippen LogP contribution in [0.4, 0.5) is 0 Å². The monoisotopic (exact) mass is 372 g/mol. The molecule has 1 amide bonds. The number of nitrogens with one attached hydrogen (secondary N) is 1. The maximum absolute atomic E-state index is 12.6. The average Bonchev–Trinajstić information content (AvgIpc) is 3.33. The molecule has 0 bridgehead atoms. The molecule has 2 aromatic heterocycles. The van der Waals surface area contributed by atoms with Gasteiger partial charge in [-0.25, -0.2) is 4.98 Å². The molecular formula is C20H28N4O3. The zero-order valence-corrected chi connectivity index (χ0v) is 16.1. The average molecular weight is 372 g/mol. The van der Waals surface area contributed by atoms with Crippen molar-refractivity contribution in [2.75, 3.05) is 19.6 Å². The third kappa shape index (κ3) is 3.80. The summed E-state index contributed by atoms with van der Waals surface area (Å²) in [5.41, 5.74) is 0.706. The fraction of sp³-hybridized carbons (Fsp3) is 0.600. The van der Waals surface area contributed by atoms with Crippen LogP contribution in [-0.4, -0.2) is 46.1 Å². The van der Waals surface area contributed by atoms with E-state index in [0.717, 1.165) is 38.3 Å². The molecule has 7 heteroatoms. The van der Waals surface area contributed by atoms with Crippen molar-refractivity contribution < 1.29 is 13.9 Å². The van der Waals surface area contributed by atoms with Crippen LogP contribution in [0.5, 0.6) is 0 Å². The summed E-state index contributed by atoms with van der Waals surface area (Å²) < 4.78 is 13.7. The van der Waals surface area contributed by atoms with Gasteiger partial charge in [0, 0.05) is 44.1 Å². The Morgan fingerprint density at radius 3 is 2.93 bits per heavy atom. The standard InChI is InChI=1S/C20H28N4O3/c1-15(2)11-22-18(25)17-13-24-9-6-21-19(24)20(27-17)4-7-23(8-5-20)12-16-3-10-26-14-16/h3,6,9-10,14-15,17H,4-5,7-8,11-13H2,1-2H3,(H,22,25). The second kappa shape index (κ2) is 7.48. The molecule has 0 radical (unpaired) electrons. The lowest BCUT2D eigenvalue weighted by molar-refractivity contribution is -0.174. The van der Waals surface area contributed by atoms with E-state index in [0.29, 0.717) is 19.0 Å². The Hall–Kier alpha value is -2.12. The van der Waals surface area contributed by atoms with Crippen LogP contribution >= 0.6 is 0 Å². The van der Waals surface area contributed by atoms with Gasteiger partial charge in [0.05, 0.1) is 19.1 Å². The van der Waals surface area contributed by atoms with Gasteiger partial charge in [-0.3, -0.25) is 9.69 Å². The minimum Gasteiger partial charge on any atom is -0.472 e. The Balaban J connectivity index is 1.46. The number of likely N-dealkylation sites (tertiary alicyclic amines) is 1. The lowest BCUT2D eigenvalue weighted by Crippen LogP contribution is -2.54. The fourth-order valence-corrected chi connectivity index (χ4v) is 4.01. The van der Waals surface area contributed by atoms with Gasteiger partial charge in [-0.2, -0.15) is 0 Å². The molecule has 2 aromatic rings. The molecule has 2 aliphatic rings. The van der Waals surface area contributed by atoms with Gasteiger partial charge in [0.1, 0.15) is 11.4 Å². The molecule has 0 saturated carbocycles. The summed E-state index contributed by atoms with van der Waals surface area (Å²) in [6.45, 7) is 8.05. The summed E-state index contributed by atoms with van der Waals surface area (Å²) in [6.07, 6.45) is 8.47. The highest BCUT2D eigenvalue weighted by Gasteiger charge is 2.47. The quantitative estimate of drug-likeness (QED) is 0.871. The van der Waals surface area contributed by atoms with E-state index in [2.05, 4.69) is 33.6 Å². The number of rotatable bonds is 5. The van der Waals surface area contributed by atoms with Gasteiger partial charge in [-0.1, -0.05) is 13.8 Å². The first-order valence-corrected chi connectivity index (χ1v) is 9.76. The molecule has 1 unspecified atom stereocenters. The topological polar surface area (TPSA) is 72.5 Å². The molecule has 2 aliphatic heterocycles. The minimum atomic E-state index is -0.478.